The molecule has 0 aliphatic carbocycles. The molecule has 1 atom stereocenters. The van der Waals surface area contributed by atoms with Crippen molar-refractivity contribution in [3.63, 3.8) is 0 Å². The molecule has 1 unspecified atom stereocenters. The molecule has 12 nitrogen and oxygen atoms in total. The molecule has 5 rings (SSSR count). The SMILES string of the molecule is CCCCCCCCCCCCCCCC(=O)OC1CCCn2c1nc(C)c(CCN1CCC(c3noc4cc(F)ccc34)CC1)c2=O.O=S(=O)(O)O. The van der Waals surface area contributed by atoms with E-state index in [2.05, 4.69) is 17.0 Å². The number of rotatable bonds is 19. The molecule has 1 fully saturated rings. The van der Waals surface area contributed by atoms with Gasteiger partial charge in [0.25, 0.3) is 5.56 Å². The van der Waals surface area contributed by atoms with Gasteiger partial charge in [0, 0.05) is 48.1 Å². The van der Waals surface area contributed by atoms with Crippen LogP contribution in [0.25, 0.3) is 11.0 Å². The molecule has 2 N–H and O–H groups in total. The van der Waals surface area contributed by atoms with Crippen molar-refractivity contribution >= 4 is 27.3 Å². The lowest BCUT2D eigenvalue weighted by atomic mass is 9.91. The van der Waals surface area contributed by atoms with Gasteiger partial charge < -0.3 is 14.2 Å². The maximum atomic E-state index is 13.6. The fourth-order valence-corrected chi connectivity index (χ4v) is 7.58. The van der Waals surface area contributed by atoms with Crippen molar-refractivity contribution in [1.82, 2.24) is 19.6 Å². The Morgan fingerprint density at radius 3 is 2.17 bits per heavy atom. The normalized spacial score (nSPS) is 16.7. The van der Waals surface area contributed by atoms with Crippen LogP contribution in [-0.4, -0.2) is 62.7 Å². The largest absolute Gasteiger partial charge is 0.454 e. The highest BCUT2D eigenvalue weighted by atomic mass is 32.3. The Bertz CT molecular complexity index is 1750. The quantitative estimate of drug-likeness (QED) is 0.0684. The minimum Gasteiger partial charge on any atom is -0.454 e. The van der Waals surface area contributed by atoms with Gasteiger partial charge in [-0.05, 0) is 70.7 Å². The molecule has 2 aromatic heterocycles. The summed E-state index contributed by atoms with van der Waals surface area (Å²) in [6.07, 6.45) is 20.5. The number of carbonyl (C=O) groups excluding carboxylic acids is 1. The fourth-order valence-electron chi connectivity index (χ4n) is 7.58. The van der Waals surface area contributed by atoms with E-state index in [9.17, 15) is 14.0 Å². The number of benzene rings is 1. The third-order valence-corrected chi connectivity index (χ3v) is 10.5. The maximum Gasteiger partial charge on any atom is 0.394 e. The Labute approximate surface area is 313 Å². The minimum atomic E-state index is -4.67. The first-order chi connectivity index (χ1) is 25.4. The van der Waals surface area contributed by atoms with E-state index in [4.69, 9.17) is 31.8 Å². The zero-order valence-electron chi connectivity index (χ0n) is 31.6. The van der Waals surface area contributed by atoms with E-state index < -0.39 is 16.5 Å². The highest BCUT2D eigenvalue weighted by Gasteiger charge is 2.29. The van der Waals surface area contributed by atoms with Crippen molar-refractivity contribution in [2.24, 2.45) is 0 Å². The smallest absolute Gasteiger partial charge is 0.394 e. The number of ether oxygens (including phenoxy) is 1. The monoisotopic (exact) mass is 762 g/mol. The molecule has 0 radical (unpaired) electrons. The molecule has 3 aromatic rings. The molecule has 1 saturated heterocycles. The lowest BCUT2D eigenvalue weighted by Gasteiger charge is -2.31. The summed E-state index contributed by atoms with van der Waals surface area (Å²) in [6, 6.07) is 4.61. The third kappa shape index (κ3) is 14.2. The van der Waals surface area contributed by atoms with E-state index in [1.54, 1.807) is 10.6 Å². The zero-order valence-corrected chi connectivity index (χ0v) is 32.4. The number of esters is 1. The molecular formula is C39H59FN4O8S. The molecule has 2 aliphatic heterocycles. The van der Waals surface area contributed by atoms with Crippen LogP contribution in [0.1, 0.15) is 157 Å². The van der Waals surface area contributed by atoms with Crippen LogP contribution < -0.4 is 5.56 Å². The van der Waals surface area contributed by atoms with Gasteiger partial charge in [-0.15, -0.1) is 0 Å². The van der Waals surface area contributed by atoms with E-state index in [0.717, 1.165) is 74.1 Å². The molecule has 296 valence electrons. The predicted octanol–water partition coefficient (Wildman–Crippen LogP) is 8.46. The number of carbonyl (C=O) groups is 1. The van der Waals surface area contributed by atoms with Gasteiger partial charge in [-0.3, -0.25) is 23.3 Å². The average molecular weight is 763 g/mol. The Morgan fingerprint density at radius 1 is 0.943 bits per heavy atom. The van der Waals surface area contributed by atoms with Crippen LogP contribution in [0.3, 0.4) is 0 Å². The molecule has 2 aliphatic rings. The summed E-state index contributed by atoms with van der Waals surface area (Å²) in [5, 5.41) is 5.16. The summed E-state index contributed by atoms with van der Waals surface area (Å²) in [5.74, 6) is 0.378. The standard InChI is InChI=1S/C39H57FN4O4.H2O4S/c1-3-4-5-6-7-8-9-10-11-12-13-14-15-18-36(45)47-34-17-16-24-44-38(34)41-29(2)32(39(44)46)23-27-43-25-21-30(22-26-43)37-33-20-19-31(40)28-35(33)48-42-37;1-5(2,3)4/h19-20,28,30,34H,3-18,21-27H2,1-2H3;(H2,1,2,3,4). The molecule has 0 amide bonds. The third-order valence-electron chi connectivity index (χ3n) is 10.5. The summed E-state index contributed by atoms with van der Waals surface area (Å²) in [5.41, 5.74) is 2.91. The van der Waals surface area contributed by atoms with Crippen LogP contribution in [0.5, 0.6) is 0 Å². The van der Waals surface area contributed by atoms with Crippen molar-refractivity contribution < 1.29 is 36.0 Å². The highest BCUT2D eigenvalue weighted by molar-refractivity contribution is 7.79. The first-order valence-corrected chi connectivity index (χ1v) is 21.1. The molecule has 0 saturated carbocycles. The fraction of sp³-hybridized carbons (Fsp3) is 0.692. The molecule has 0 spiro atoms. The van der Waals surface area contributed by atoms with E-state index in [1.165, 1.54) is 82.8 Å². The Morgan fingerprint density at radius 2 is 1.55 bits per heavy atom. The van der Waals surface area contributed by atoms with Gasteiger partial charge >= 0.3 is 16.4 Å². The van der Waals surface area contributed by atoms with E-state index in [-0.39, 0.29) is 23.3 Å². The number of aryl methyl sites for hydroxylation is 1. The number of nitrogens with zero attached hydrogens (tertiary/aromatic N) is 4. The second-order valence-corrected chi connectivity index (χ2v) is 15.5. The second-order valence-electron chi connectivity index (χ2n) is 14.6. The number of unbranched alkanes of at least 4 members (excludes halogenated alkanes) is 12. The topological polar surface area (TPSA) is 165 Å². The van der Waals surface area contributed by atoms with Gasteiger partial charge in [0.15, 0.2) is 17.5 Å². The maximum absolute atomic E-state index is 13.6. The molecular weight excluding hydrogens is 704 g/mol. The van der Waals surface area contributed by atoms with Crippen LogP contribution in [-0.2, 0) is 32.9 Å². The van der Waals surface area contributed by atoms with Crippen LogP contribution in [0.4, 0.5) is 4.39 Å². The van der Waals surface area contributed by atoms with Crippen LogP contribution in [0.2, 0.25) is 0 Å². The van der Waals surface area contributed by atoms with Gasteiger partial charge in [0.05, 0.1) is 5.69 Å². The Balaban J connectivity index is 0.00000117. The minimum absolute atomic E-state index is 0.00549. The van der Waals surface area contributed by atoms with Gasteiger partial charge in [-0.1, -0.05) is 89.1 Å². The lowest BCUT2D eigenvalue weighted by Crippen LogP contribution is -2.38. The second kappa shape index (κ2) is 21.6. The van der Waals surface area contributed by atoms with Crippen molar-refractivity contribution in [1.29, 1.82) is 0 Å². The number of likely N-dealkylation sites (tertiary alicyclic amines) is 1. The predicted molar refractivity (Wildman–Crippen MR) is 202 cm³/mol. The first-order valence-electron chi connectivity index (χ1n) is 19.7. The van der Waals surface area contributed by atoms with Crippen molar-refractivity contribution in [3.8, 4) is 0 Å². The molecule has 53 heavy (non-hydrogen) atoms. The summed E-state index contributed by atoms with van der Waals surface area (Å²) in [4.78, 5) is 33.6. The molecule has 4 heterocycles. The summed E-state index contributed by atoms with van der Waals surface area (Å²) < 4.78 is 58.2. The number of halogens is 1. The van der Waals surface area contributed by atoms with Gasteiger partial charge in [0.2, 0.25) is 0 Å². The summed E-state index contributed by atoms with van der Waals surface area (Å²) in [6.45, 7) is 7.37. The molecule has 1 aromatic carbocycles. The van der Waals surface area contributed by atoms with E-state index in [0.29, 0.717) is 37.2 Å². The lowest BCUT2D eigenvalue weighted by molar-refractivity contribution is -0.151. The van der Waals surface area contributed by atoms with Crippen molar-refractivity contribution in [2.75, 3.05) is 19.6 Å². The highest BCUT2D eigenvalue weighted by Crippen LogP contribution is 2.33. The van der Waals surface area contributed by atoms with E-state index in [1.807, 2.05) is 6.92 Å². The van der Waals surface area contributed by atoms with Crippen molar-refractivity contribution in [2.45, 2.75) is 154 Å². The molecule has 0 bridgehead atoms. The number of aromatic nitrogens is 3. The number of piperidine rings is 1. The van der Waals surface area contributed by atoms with Crippen LogP contribution in [0.15, 0.2) is 27.5 Å². The van der Waals surface area contributed by atoms with Crippen molar-refractivity contribution in [3.05, 3.63) is 57.1 Å². The number of hydrogen-bond donors (Lipinski definition) is 2. The first kappa shape index (κ1) is 42.5. The van der Waals surface area contributed by atoms with E-state index >= 15 is 0 Å². The van der Waals surface area contributed by atoms with Crippen LogP contribution in [0, 0.1) is 12.7 Å². The zero-order chi connectivity index (χ0) is 38.2. The number of fused-ring (bicyclic) bond motifs is 2. The summed E-state index contributed by atoms with van der Waals surface area (Å²) >= 11 is 0. The molecule has 14 heteroatoms. The summed E-state index contributed by atoms with van der Waals surface area (Å²) in [7, 11) is -4.67. The number of hydrogen-bond acceptors (Lipinski definition) is 9. The Hall–Kier alpha value is -3.20. The van der Waals surface area contributed by atoms with Gasteiger partial charge in [0.1, 0.15) is 5.82 Å². The van der Waals surface area contributed by atoms with Gasteiger partial charge in [-0.25, -0.2) is 9.37 Å². The van der Waals surface area contributed by atoms with Crippen LogP contribution >= 0.6 is 0 Å². The van der Waals surface area contributed by atoms with Gasteiger partial charge in [-0.2, -0.15) is 8.42 Å². The average Bonchev–Trinajstić information content (AvgIpc) is 3.53. The Kier molecular flexibility index (Phi) is 17.4.